The summed E-state index contributed by atoms with van der Waals surface area (Å²) < 4.78 is 0. The van der Waals surface area contributed by atoms with Crippen molar-refractivity contribution in [2.45, 2.75) is 6.92 Å². The summed E-state index contributed by atoms with van der Waals surface area (Å²) in [6, 6.07) is 12.9. The van der Waals surface area contributed by atoms with Gasteiger partial charge in [0.05, 0.1) is 5.71 Å². The molecule has 2 rings (SSSR count). The molecule has 20 heavy (non-hydrogen) atoms. The fourth-order valence-corrected chi connectivity index (χ4v) is 1.67. The Kier molecular flexibility index (Phi) is 4.00. The van der Waals surface area contributed by atoms with Gasteiger partial charge in [-0.3, -0.25) is 4.79 Å². The first-order valence-electron chi connectivity index (χ1n) is 6.00. The molecule has 0 fully saturated rings. The van der Waals surface area contributed by atoms with Gasteiger partial charge in [0.2, 0.25) is 0 Å². The molecular formula is C15H14N2O3. The zero-order valence-electron chi connectivity index (χ0n) is 10.9. The van der Waals surface area contributed by atoms with E-state index in [1.54, 1.807) is 31.2 Å². The monoisotopic (exact) mass is 270 g/mol. The molecule has 0 aliphatic heterocycles. The van der Waals surface area contributed by atoms with Crippen molar-refractivity contribution in [3.63, 3.8) is 0 Å². The second kappa shape index (κ2) is 5.88. The first-order valence-corrected chi connectivity index (χ1v) is 6.00. The van der Waals surface area contributed by atoms with Gasteiger partial charge in [0.15, 0.2) is 0 Å². The third kappa shape index (κ3) is 3.14. The number of aromatic hydroxyl groups is 2. The van der Waals surface area contributed by atoms with Crippen molar-refractivity contribution >= 4 is 11.6 Å². The predicted molar refractivity (Wildman–Crippen MR) is 75.9 cm³/mol. The van der Waals surface area contributed by atoms with Crippen molar-refractivity contribution in [3.8, 4) is 11.5 Å². The van der Waals surface area contributed by atoms with Crippen LogP contribution in [0.1, 0.15) is 22.8 Å². The maximum Gasteiger partial charge on any atom is 0.271 e. The number of nitrogens with zero attached hydrogens (tertiary/aromatic N) is 1. The Labute approximate surface area is 116 Å². The normalized spacial score (nSPS) is 11.2. The van der Waals surface area contributed by atoms with Gasteiger partial charge in [-0.1, -0.05) is 18.2 Å². The number of benzene rings is 2. The summed E-state index contributed by atoms with van der Waals surface area (Å²) in [7, 11) is 0. The first kappa shape index (κ1) is 13.6. The standard InChI is InChI=1S/C15H14N2O3/c1-10(13-8-7-12(18)9-14(13)19)16-17-15(20)11-5-3-2-4-6-11/h2-9,18-19H,1H3,(H,17,20). The topological polar surface area (TPSA) is 81.9 Å². The number of rotatable bonds is 3. The van der Waals surface area contributed by atoms with E-state index in [2.05, 4.69) is 10.5 Å². The number of phenols is 2. The van der Waals surface area contributed by atoms with Crippen LogP contribution in [0, 0.1) is 0 Å². The van der Waals surface area contributed by atoms with Crippen molar-refractivity contribution < 1.29 is 15.0 Å². The van der Waals surface area contributed by atoms with Crippen LogP contribution in [-0.4, -0.2) is 21.8 Å². The smallest absolute Gasteiger partial charge is 0.271 e. The lowest BCUT2D eigenvalue weighted by molar-refractivity contribution is 0.0955. The van der Waals surface area contributed by atoms with Crippen molar-refractivity contribution in [1.82, 2.24) is 5.43 Å². The highest BCUT2D eigenvalue weighted by Gasteiger charge is 2.07. The number of carbonyl (C=O) groups excluding carboxylic acids is 1. The molecule has 0 radical (unpaired) electrons. The minimum Gasteiger partial charge on any atom is -0.508 e. The number of phenolic OH excluding ortho intramolecular Hbond substituents is 2. The van der Waals surface area contributed by atoms with Crippen LogP contribution in [0.2, 0.25) is 0 Å². The lowest BCUT2D eigenvalue weighted by Crippen LogP contribution is -2.19. The molecule has 3 N–H and O–H groups in total. The summed E-state index contributed by atoms with van der Waals surface area (Å²) >= 11 is 0. The highest BCUT2D eigenvalue weighted by Crippen LogP contribution is 2.22. The van der Waals surface area contributed by atoms with Crippen molar-refractivity contribution in [2.24, 2.45) is 5.10 Å². The van der Waals surface area contributed by atoms with Crippen LogP contribution < -0.4 is 5.43 Å². The van der Waals surface area contributed by atoms with E-state index in [-0.39, 0.29) is 17.4 Å². The highest BCUT2D eigenvalue weighted by atomic mass is 16.3. The van der Waals surface area contributed by atoms with E-state index in [4.69, 9.17) is 0 Å². The number of amides is 1. The molecule has 0 aliphatic carbocycles. The number of hydrogen-bond acceptors (Lipinski definition) is 4. The third-order valence-electron chi connectivity index (χ3n) is 2.73. The van der Waals surface area contributed by atoms with Crippen LogP contribution in [0.4, 0.5) is 0 Å². The average molecular weight is 270 g/mol. The molecule has 0 heterocycles. The lowest BCUT2D eigenvalue weighted by Gasteiger charge is -2.05. The van der Waals surface area contributed by atoms with Crippen molar-refractivity contribution in [1.29, 1.82) is 0 Å². The van der Waals surface area contributed by atoms with Gasteiger partial charge >= 0.3 is 0 Å². The van der Waals surface area contributed by atoms with Crippen LogP contribution >= 0.6 is 0 Å². The molecule has 0 aliphatic rings. The summed E-state index contributed by atoms with van der Waals surface area (Å²) in [5, 5.41) is 22.8. The molecule has 2 aromatic carbocycles. The predicted octanol–water partition coefficient (Wildman–Crippen LogP) is 2.25. The summed E-state index contributed by atoms with van der Waals surface area (Å²) in [6.45, 7) is 1.65. The number of carbonyl (C=O) groups is 1. The van der Waals surface area contributed by atoms with Gasteiger partial charge in [0.25, 0.3) is 5.91 Å². The molecule has 102 valence electrons. The number of nitrogens with one attached hydrogen (secondary N) is 1. The highest BCUT2D eigenvalue weighted by molar-refractivity contribution is 6.02. The van der Waals surface area contributed by atoms with E-state index in [1.165, 1.54) is 18.2 Å². The van der Waals surface area contributed by atoms with Crippen LogP contribution in [0.25, 0.3) is 0 Å². The second-order valence-electron chi connectivity index (χ2n) is 4.21. The zero-order chi connectivity index (χ0) is 14.5. The van der Waals surface area contributed by atoms with Gasteiger partial charge < -0.3 is 10.2 Å². The minimum absolute atomic E-state index is 0.0348. The minimum atomic E-state index is -0.330. The molecule has 0 saturated carbocycles. The van der Waals surface area contributed by atoms with Gasteiger partial charge in [-0.05, 0) is 31.2 Å². The molecule has 0 aromatic heterocycles. The van der Waals surface area contributed by atoms with Crippen LogP contribution in [0.3, 0.4) is 0 Å². The van der Waals surface area contributed by atoms with Crippen LogP contribution in [0.5, 0.6) is 11.5 Å². The Morgan fingerprint density at radius 2 is 1.80 bits per heavy atom. The van der Waals surface area contributed by atoms with E-state index in [0.717, 1.165) is 0 Å². The molecule has 5 nitrogen and oxygen atoms in total. The summed E-state index contributed by atoms with van der Waals surface area (Å²) in [6.07, 6.45) is 0. The second-order valence-corrected chi connectivity index (χ2v) is 4.21. The Morgan fingerprint density at radius 1 is 1.10 bits per heavy atom. The van der Waals surface area contributed by atoms with Crippen LogP contribution in [0.15, 0.2) is 53.6 Å². The largest absolute Gasteiger partial charge is 0.508 e. The first-order chi connectivity index (χ1) is 9.58. The fourth-order valence-electron chi connectivity index (χ4n) is 1.67. The van der Waals surface area contributed by atoms with Gasteiger partial charge in [0, 0.05) is 17.2 Å². The maximum absolute atomic E-state index is 11.8. The summed E-state index contributed by atoms with van der Waals surface area (Å²) in [5.41, 5.74) is 3.79. The maximum atomic E-state index is 11.8. The van der Waals surface area contributed by atoms with E-state index in [0.29, 0.717) is 16.8 Å². The Hall–Kier alpha value is -2.82. The summed E-state index contributed by atoms with van der Waals surface area (Å²) in [4.78, 5) is 11.8. The molecule has 5 heteroatoms. The molecular weight excluding hydrogens is 256 g/mol. The fraction of sp³-hybridized carbons (Fsp3) is 0.0667. The van der Waals surface area contributed by atoms with E-state index < -0.39 is 0 Å². The zero-order valence-corrected chi connectivity index (χ0v) is 10.9. The van der Waals surface area contributed by atoms with E-state index in [1.807, 2.05) is 6.07 Å². The van der Waals surface area contributed by atoms with E-state index in [9.17, 15) is 15.0 Å². The van der Waals surface area contributed by atoms with Gasteiger partial charge in [-0.2, -0.15) is 5.10 Å². The Morgan fingerprint density at radius 3 is 2.45 bits per heavy atom. The lowest BCUT2D eigenvalue weighted by atomic mass is 10.1. The number of hydrogen-bond donors (Lipinski definition) is 3. The summed E-state index contributed by atoms with van der Waals surface area (Å²) in [5.74, 6) is -0.462. The molecule has 0 atom stereocenters. The van der Waals surface area contributed by atoms with Crippen LogP contribution in [-0.2, 0) is 0 Å². The van der Waals surface area contributed by atoms with Gasteiger partial charge in [-0.15, -0.1) is 0 Å². The van der Waals surface area contributed by atoms with Crippen molar-refractivity contribution in [2.75, 3.05) is 0 Å². The Balaban J connectivity index is 2.13. The average Bonchev–Trinajstić information content (AvgIpc) is 2.45. The molecule has 0 spiro atoms. The van der Waals surface area contributed by atoms with Crippen molar-refractivity contribution in [3.05, 3.63) is 59.7 Å². The molecule has 1 amide bonds. The third-order valence-corrected chi connectivity index (χ3v) is 2.73. The molecule has 0 bridgehead atoms. The Bertz CT molecular complexity index is 651. The van der Waals surface area contributed by atoms with Gasteiger partial charge in [0.1, 0.15) is 11.5 Å². The molecule has 0 saturated heterocycles. The van der Waals surface area contributed by atoms with E-state index >= 15 is 0 Å². The quantitative estimate of drug-likeness (QED) is 0.591. The number of hydrazone groups is 1. The SMILES string of the molecule is CC(=NNC(=O)c1ccccc1)c1ccc(O)cc1O. The molecule has 0 unspecified atom stereocenters. The van der Waals surface area contributed by atoms with Gasteiger partial charge in [-0.25, -0.2) is 5.43 Å². The molecule has 2 aromatic rings.